The Labute approximate surface area is 165 Å². The maximum atomic E-state index is 12.8. The maximum Gasteiger partial charge on any atom is 0.289 e. The number of likely N-dealkylation sites (tertiary alicyclic amines) is 1. The van der Waals surface area contributed by atoms with Crippen LogP contribution in [0.5, 0.6) is 0 Å². The third-order valence-corrected chi connectivity index (χ3v) is 5.88. The second-order valence-corrected chi connectivity index (χ2v) is 7.73. The summed E-state index contributed by atoms with van der Waals surface area (Å²) in [5.74, 6) is 0.983. The van der Waals surface area contributed by atoms with Gasteiger partial charge in [0, 0.05) is 44.8 Å². The van der Waals surface area contributed by atoms with E-state index >= 15 is 0 Å². The zero-order valence-corrected chi connectivity index (χ0v) is 16.3. The molecule has 0 N–H and O–H groups in total. The standard InChI is InChI=1S/C21H26ClN3O2/c22-18-6-2-1-5-17(18)19-7-8-20(27-19)21(26)25-15-13-24(14-16-25)12-11-23-9-3-4-10-23/h1-2,5-8H,3-4,9-16H2. The van der Waals surface area contributed by atoms with E-state index in [2.05, 4.69) is 9.80 Å². The summed E-state index contributed by atoms with van der Waals surface area (Å²) in [7, 11) is 0. The SMILES string of the molecule is O=C(c1ccc(-c2ccccc2Cl)o1)N1CCN(CCN2CCCC2)CC1. The van der Waals surface area contributed by atoms with E-state index in [4.69, 9.17) is 16.0 Å². The van der Waals surface area contributed by atoms with Gasteiger partial charge in [-0.25, -0.2) is 0 Å². The molecule has 144 valence electrons. The van der Waals surface area contributed by atoms with E-state index in [1.165, 1.54) is 25.9 Å². The van der Waals surface area contributed by atoms with Gasteiger partial charge in [-0.15, -0.1) is 0 Å². The summed E-state index contributed by atoms with van der Waals surface area (Å²) in [5.41, 5.74) is 0.810. The van der Waals surface area contributed by atoms with Gasteiger partial charge in [-0.1, -0.05) is 23.7 Å². The number of rotatable bonds is 5. The minimum absolute atomic E-state index is 0.0347. The van der Waals surface area contributed by atoms with E-state index in [-0.39, 0.29) is 5.91 Å². The highest BCUT2D eigenvalue weighted by Gasteiger charge is 2.25. The molecule has 5 nitrogen and oxygen atoms in total. The average molecular weight is 388 g/mol. The molecule has 1 amide bonds. The highest BCUT2D eigenvalue weighted by atomic mass is 35.5. The van der Waals surface area contributed by atoms with Crippen molar-refractivity contribution in [3.05, 3.63) is 47.2 Å². The van der Waals surface area contributed by atoms with E-state index in [9.17, 15) is 4.79 Å². The molecule has 2 aliphatic rings. The zero-order chi connectivity index (χ0) is 18.6. The first-order valence-corrected chi connectivity index (χ1v) is 10.2. The first kappa shape index (κ1) is 18.5. The van der Waals surface area contributed by atoms with Gasteiger partial charge in [0.2, 0.25) is 0 Å². The third kappa shape index (κ3) is 4.37. The Bertz CT molecular complexity index is 777. The van der Waals surface area contributed by atoms with Gasteiger partial charge in [-0.05, 0) is 50.2 Å². The van der Waals surface area contributed by atoms with Crippen LogP contribution in [0.2, 0.25) is 5.02 Å². The lowest BCUT2D eigenvalue weighted by atomic mass is 10.2. The van der Waals surface area contributed by atoms with Gasteiger partial charge in [-0.2, -0.15) is 0 Å². The minimum Gasteiger partial charge on any atom is -0.451 e. The Morgan fingerprint density at radius 2 is 1.56 bits per heavy atom. The molecule has 2 aliphatic heterocycles. The summed E-state index contributed by atoms with van der Waals surface area (Å²) >= 11 is 6.22. The van der Waals surface area contributed by atoms with E-state index < -0.39 is 0 Å². The van der Waals surface area contributed by atoms with Crippen LogP contribution in [-0.2, 0) is 0 Å². The predicted octanol–water partition coefficient (Wildman–Crippen LogP) is 3.45. The molecule has 4 rings (SSSR count). The van der Waals surface area contributed by atoms with Crippen molar-refractivity contribution >= 4 is 17.5 Å². The third-order valence-electron chi connectivity index (χ3n) is 5.55. The van der Waals surface area contributed by atoms with Crippen molar-refractivity contribution in [2.75, 3.05) is 52.4 Å². The topological polar surface area (TPSA) is 39.9 Å². The largest absolute Gasteiger partial charge is 0.451 e. The van der Waals surface area contributed by atoms with Gasteiger partial charge in [0.1, 0.15) is 5.76 Å². The molecular weight excluding hydrogens is 362 g/mol. The molecule has 1 aromatic carbocycles. The molecule has 0 unspecified atom stereocenters. The van der Waals surface area contributed by atoms with Crippen LogP contribution in [0, 0.1) is 0 Å². The van der Waals surface area contributed by atoms with Crippen LogP contribution >= 0.6 is 11.6 Å². The molecular formula is C21H26ClN3O2. The summed E-state index contributed by atoms with van der Waals surface area (Å²) in [6, 6.07) is 11.1. The molecule has 0 bridgehead atoms. The summed E-state index contributed by atoms with van der Waals surface area (Å²) in [5, 5.41) is 0.623. The lowest BCUT2D eigenvalue weighted by Gasteiger charge is -2.35. The number of benzene rings is 1. The first-order chi connectivity index (χ1) is 13.2. The van der Waals surface area contributed by atoms with Crippen LogP contribution in [0.25, 0.3) is 11.3 Å². The lowest BCUT2D eigenvalue weighted by molar-refractivity contribution is 0.0597. The van der Waals surface area contributed by atoms with Crippen molar-refractivity contribution in [3.63, 3.8) is 0 Å². The van der Waals surface area contributed by atoms with Crippen LogP contribution < -0.4 is 0 Å². The van der Waals surface area contributed by atoms with Crippen molar-refractivity contribution in [2.45, 2.75) is 12.8 Å². The summed E-state index contributed by atoms with van der Waals surface area (Å²) in [6.07, 6.45) is 2.67. The van der Waals surface area contributed by atoms with Crippen LogP contribution in [0.4, 0.5) is 0 Å². The molecule has 0 radical (unpaired) electrons. The molecule has 2 fully saturated rings. The van der Waals surface area contributed by atoms with Crippen LogP contribution in [0.1, 0.15) is 23.4 Å². The van der Waals surface area contributed by atoms with Crippen LogP contribution in [-0.4, -0.2) is 73.0 Å². The zero-order valence-electron chi connectivity index (χ0n) is 15.6. The number of piperazine rings is 1. The Morgan fingerprint density at radius 1 is 0.889 bits per heavy atom. The number of hydrogen-bond acceptors (Lipinski definition) is 4. The summed E-state index contributed by atoms with van der Waals surface area (Å²) in [4.78, 5) is 19.7. The van der Waals surface area contributed by atoms with E-state index in [0.29, 0.717) is 16.5 Å². The van der Waals surface area contributed by atoms with E-state index in [1.807, 2.05) is 35.2 Å². The van der Waals surface area contributed by atoms with E-state index in [1.54, 1.807) is 6.07 Å². The monoisotopic (exact) mass is 387 g/mol. The fourth-order valence-corrected chi connectivity index (χ4v) is 4.11. The molecule has 3 heterocycles. The first-order valence-electron chi connectivity index (χ1n) is 9.79. The number of amides is 1. The van der Waals surface area contributed by atoms with Crippen molar-refractivity contribution in [1.82, 2.24) is 14.7 Å². The van der Waals surface area contributed by atoms with Gasteiger partial charge in [-0.3, -0.25) is 9.69 Å². The van der Waals surface area contributed by atoms with Gasteiger partial charge in [0.25, 0.3) is 5.91 Å². The predicted molar refractivity (Wildman–Crippen MR) is 107 cm³/mol. The second-order valence-electron chi connectivity index (χ2n) is 7.33. The Balaban J connectivity index is 1.31. The van der Waals surface area contributed by atoms with Crippen LogP contribution in [0.15, 0.2) is 40.8 Å². The molecule has 2 saturated heterocycles. The van der Waals surface area contributed by atoms with Crippen molar-refractivity contribution < 1.29 is 9.21 Å². The Hall–Kier alpha value is -1.82. The number of furan rings is 1. The summed E-state index contributed by atoms with van der Waals surface area (Å²) < 4.78 is 5.81. The fourth-order valence-electron chi connectivity index (χ4n) is 3.88. The van der Waals surface area contributed by atoms with Gasteiger partial charge in [0.15, 0.2) is 5.76 Å². The molecule has 0 saturated carbocycles. The Morgan fingerprint density at radius 3 is 2.26 bits per heavy atom. The number of hydrogen-bond donors (Lipinski definition) is 0. The summed E-state index contributed by atoms with van der Waals surface area (Å²) in [6.45, 7) is 8.08. The quantitative estimate of drug-likeness (QED) is 0.787. The number of halogens is 1. The molecule has 0 spiro atoms. The smallest absolute Gasteiger partial charge is 0.289 e. The van der Waals surface area contributed by atoms with E-state index in [0.717, 1.165) is 44.8 Å². The van der Waals surface area contributed by atoms with Gasteiger partial charge in [0.05, 0.1) is 5.02 Å². The fraction of sp³-hybridized carbons (Fsp3) is 0.476. The number of carbonyl (C=O) groups excluding carboxylic acids is 1. The number of carbonyl (C=O) groups is 1. The van der Waals surface area contributed by atoms with Crippen molar-refractivity contribution in [1.29, 1.82) is 0 Å². The molecule has 6 heteroatoms. The highest BCUT2D eigenvalue weighted by Crippen LogP contribution is 2.29. The van der Waals surface area contributed by atoms with Crippen molar-refractivity contribution in [3.8, 4) is 11.3 Å². The van der Waals surface area contributed by atoms with Gasteiger partial charge >= 0.3 is 0 Å². The lowest BCUT2D eigenvalue weighted by Crippen LogP contribution is -2.50. The van der Waals surface area contributed by atoms with Crippen molar-refractivity contribution in [2.24, 2.45) is 0 Å². The molecule has 27 heavy (non-hydrogen) atoms. The highest BCUT2D eigenvalue weighted by molar-refractivity contribution is 6.33. The second kappa shape index (κ2) is 8.46. The number of nitrogens with zero attached hydrogens (tertiary/aromatic N) is 3. The maximum absolute atomic E-state index is 12.8. The Kier molecular flexibility index (Phi) is 5.81. The van der Waals surface area contributed by atoms with Crippen LogP contribution in [0.3, 0.4) is 0 Å². The van der Waals surface area contributed by atoms with Gasteiger partial charge < -0.3 is 14.2 Å². The normalized spacial score (nSPS) is 18.9. The molecule has 0 atom stereocenters. The molecule has 1 aromatic heterocycles. The molecule has 0 aliphatic carbocycles. The molecule has 2 aromatic rings. The minimum atomic E-state index is -0.0347. The average Bonchev–Trinajstić information content (AvgIpc) is 3.39.